The number of thioether (sulfide) groups is 2. The normalized spacial score (nSPS) is 14.5. The highest BCUT2D eigenvalue weighted by atomic mass is 32.2. The number of para-hydroxylation sites is 1. The summed E-state index contributed by atoms with van der Waals surface area (Å²) in [5.41, 5.74) is 6.61. The van der Waals surface area contributed by atoms with Crippen molar-refractivity contribution in [1.82, 2.24) is 4.90 Å². The van der Waals surface area contributed by atoms with E-state index in [0.29, 0.717) is 4.71 Å². The molecule has 0 amide bonds. The van der Waals surface area contributed by atoms with Crippen molar-refractivity contribution in [3.05, 3.63) is 47.7 Å². The van der Waals surface area contributed by atoms with Gasteiger partial charge >= 0.3 is 0 Å². The molecule has 1 aromatic rings. The molecule has 0 atom stereocenters. The largest absolute Gasteiger partial charge is 0.331 e. The standard InChI is InChI=1S/C23H36N2S2/c1-7-8-9-10-11-15-21-19(3)18(2)20-14-12-13-16-22(20)25(21)17-24(4)23(26-5)27-6/h12-14,16,23H,2,7-11,15,17H2,1,3-6H3. The first kappa shape index (κ1) is 22.4. The van der Waals surface area contributed by atoms with E-state index in [1.54, 1.807) is 0 Å². The third-order valence-corrected chi connectivity index (χ3v) is 8.06. The molecule has 0 bridgehead atoms. The smallest absolute Gasteiger partial charge is 0.103 e. The number of hydrogen-bond acceptors (Lipinski definition) is 4. The molecule has 150 valence electrons. The van der Waals surface area contributed by atoms with Crippen molar-refractivity contribution >= 4 is 34.8 Å². The number of hydrogen-bond donors (Lipinski definition) is 0. The van der Waals surface area contributed by atoms with Gasteiger partial charge in [-0.25, -0.2) is 0 Å². The Balaban J connectivity index is 2.26. The Morgan fingerprint density at radius 1 is 1.07 bits per heavy atom. The summed E-state index contributed by atoms with van der Waals surface area (Å²) in [6.07, 6.45) is 12.1. The van der Waals surface area contributed by atoms with E-state index in [1.807, 2.05) is 23.5 Å². The summed E-state index contributed by atoms with van der Waals surface area (Å²) in [5, 5.41) is 0. The quantitative estimate of drug-likeness (QED) is 0.288. The van der Waals surface area contributed by atoms with Crippen molar-refractivity contribution in [2.75, 3.05) is 31.1 Å². The number of unbranched alkanes of at least 4 members (excludes halogenated alkanes) is 4. The summed E-state index contributed by atoms with van der Waals surface area (Å²) in [5.74, 6) is 0. The predicted octanol–water partition coefficient (Wildman–Crippen LogP) is 7.05. The van der Waals surface area contributed by atoms with E-state index < -0.39 is 0 Å². The lowest BCUT2D eigenvalue weighted by molar-refractivity contribution is 0.374. The molecule has 0 aromatic heterocycles. The zero-order valence-electron chi connectivity index (χ0n) is 17.8. The number of benzene rings is 1. The van der Waals surface area contributed by atoms with Gasteiger partial charge in [-0.3, -0.25) is 4.90 Å². The second kappa shape index (κ2) is 11.2. The van der Waals surface area contributed by atoms with Gasteiger partial charge in [-0.1, -0.05) is 57.4 Å². The first-order valence-corrected chi connectivity index (χ1v) is 12.6. The van der Waals surface area contributed by atoms with E-state index in [0.717, 1.165) is 13.1 Å². The summed E-state index contributed by atoms with van der Waals surface area (Å²) >= 11 is 3.81. The molecule has 2 nitrogen and oxygen atoms in total. The number of anilines is 1. The molecule has 4 heteroatoms. The van der Waals surface area contributed by atoms with Crippen molar-refractivity contribution in [2.45, 2.75) is 57.1 Å². The van der Waals surface area contributed by atoms with Gasteiger partial charge in [-0.2, -0.15) is 0 Å². The zero-order chi connectivity index (χ0) is 19.8. The minimum Gasteiger partial charge on any atom is -0.331 e. The van der Waals surface area contributed by atoms with Crippen LogP contribution in [-0.2, 0) is 0 Å². The molecule has 1 aliphatic rings. The van der Waals surface area contributed by atoms with Gasteiger partial charge in [-0.05, 0) is 56.5 Å². The van der Waals surface area contributed by atoms with Gasteiger partial charge in [0.05, 0.1) is 6.67 Å². The maximum atomic E-state index is 4.42. The van der Waals surface area contributed by atoms with Crippen molar-refractivity contribution in [2.24, 2.45) is 0 Å². The molecule has 0 saturated heterocycles. The van der Waals surface area contributed by atoms with Crippen molar-refractivity contribution in [3.8, 4) is 0 Å². The molecular weight excluding hydrogens is 368 g/mol. The van der Waals surface area contributed by atoms with E-state index in [2.05, 4.69) is 74.1 Å². The molecule has 0 radical (unpaired) electrons. The van der Waals surface area contributed by atoms with Crippen LogP contribution >= 0.6 is 23.5 Å². The molecular formula is C23H36N2S2. The van der Waals surface area contributed by atoms with Crippen molar-refractivity contribution in [1.29, 1.82) is 0 Å². The monoisotopic (exact) mass is 404 g/mol. The van der Waals surface area contributed by atoms with Crippen LogP contribution in [0.15, 0.2) is 42.1 Å². The van der Waals surface area contributed by atoms with Crippen LogP contribution in [0.1, 0.15) is 57.9 Å². The summed E-state index contributed by atoms with van der Waals surface area (Å²) in [7, 11) is 2.23. The van der Waals surface area contributed by atoms with E-state index in [1.165, 1.54) is 60.2 Å². The second-order valence-electron chi connectivity index (χ2n) is 7.34. The van der Waals surface area contributed by atoms with Crippen LogP contribution in [0.5, 0.6) is 0 Å². The highest BCUT2D eigenvalue weighted by Crippen LogP contribution is 2.41. The Hall–Kier alpha value is -0.840. The molecule has 0 fully saturated rings. The molecule has 1 heterocycles. The fourth-order valence-corrected chi connectivity index (χ4v) is 5.44. The van der Waals surface area contributed by atoms with Gasteiger partial charge in [0, 0.05) is 16.9 Å². The van der Waals surface area contributed by atoms with Crippen LogP contribution in [0.4, 0.5) is 5.69 Å². The average Bonchev–Trinajstić information content (AvgIpc) is 2.68. The Morgan fingerprint density at radius 3 is 2.41 bits per heavy atom. The topological polar surface area (TPSA) is 6.48 Å². The maximum Gasteiger partial charge on any atom is 0.103 e. The molecule has 0 aliphatic carbocycles. The fourth-order valence-electron chi connectivity index (χ4n) is 3.81. The highest BCUT2D eigenvalue weighted by Gasteiger charge is 2.27. The van der Waals surface area contributed by atoms with Crippen LogP contribution in [0, 0.1) is 0 Å². The van der Waals surface area contributed by atoms with Crippen LogP contribution in [-0.4, -0.2) is 35.8 Å². The Bertz CT molecular complexity index is 650. The lowest BCUT2D eigenvalue weighted by Gasteiger charge is -2.39. The second-order valence-corrected chi connectivity index (χ2v) is 9.47. The number of nitrogens with zero attached hydrogens (tertiary/aromatic N) is 2. The number of fused-ring (bicyclic) bond motifs is 1. The maximum absolute atomic E-state index is 4.42. The van der Waals surface area contributed by atoms with E-state index in [4.69, 9.17) is 0 Å². The first-order chi connectivity index (χ1) is 13.0. The zero-order valence-corrected chi connectivity index (χ0v) is 19.4. The SMILES string of the molecule is C=C1C(C)=C(CCCCCCC)N(CN(C)C(SC)SC)c2ccccc21. The molecule has 0 spiro atoms. The predicted molar refractivity (Wildman–Crippen MR) is 127 cm³/mol. The summed E-state index contributed by atoms with van der Waals surface area (Å²) in [6, 6.07) is 8.75. The number of rotatable bonds is 11. The van der Waals surface area contributed by atoms with Gasteiger partial charge in [0.25, 0.3) is 0 Å². The number of allylic oxidation sites excluding steroid dienone is 3. The van der Waals surface area contributed by atoms with Crippen LogP contribution < -0.4 is 4.90 Å². The van der Waals surface area contributed by atoms with E-state index >= 15 is 0 Å². The molecule has 0 unspecified atom stereocenters. The van der Waals surface area contributed by atoms with Crippen LogP contribution in [0.2, 0.25) is 0 Å². The molecule has 0 N–H and O–H groups in total. The Labute approximate surface area is 175 Å². The minimum absolute atomic E-state index is 0.466. The highest BCUT2D eigenvalue weighted by molar-refractivity contribution is 8.16. The van der Waals surface area contributed by atoms with Crippen LogP contribution in [0.25, 0.3) is 5.57 Å². The van der Waals surface area contributed by atoms with Gasteiger partial charge in [-0.15, -0.1) is 23.5 Å². The third kappa shape index (κ3) is 5.58. The van der Waals surface area contributed by atoms with Gasteiger partial charge in [0.1, 0.15) is 4.71 Å². The summed E-state index contributed by atoms with van der Waals surface area (Å²) in [4.78, 5) is 4.99. The fraction of sp³-hybridized carbons (Fsp3) is 0.565. The van der Waals surface area contributed by atoms with Gasteiger partial charge in [0.15, 0.2) is 0 Å². The van der Waals surface area contributed by atoms with Crippen molar-refractivity contribution in [3.63, 3.8) is 0 Å². The molecule has 1 aromatic carbocycles. The minimum atomic E-state index is 0.466. The van der Waals surface area contributed by atoms with Gasteiger partial charge in [0.2, 0.25) is 0 Å². The third-order valence-electron chi connectivity index (χ3n) is 5.38. The Morgan fingerprint density at radius 2 is 1.74 bits per heavy atom. The van der Waals surface area contributed by atoms with Crippen molar-refractivity contribution < 1.29 is 0 Å². The first-order valence-electron chi connectivity index (χ1n) is 10.1. The van der Waals surface area contributed by atoms with E-state index in [9.17, 15) is 0 Å². The molecule has 2 rings (SSSR count). The molecule has 27 heavy (non-hydrogen) atoms. The summed E-state index contributed by atoms with van der Waals surface area (Å²) < 4.78 is 0.466. The lowest BCUT2D eigenvalue weighted by Crippen LogP contribution is -2.40. The van der Waals surface area contributed by atoms with E-state index in [-0.39, 0.29) is 0 Å². The summed E-state index contributed by atoms with van der Waals surface area (Å²) in [6.45, 7) is 9.87. The molecule has 1 aliphatic heterocycles. The Kier molecular flexibility index (Phi) is 9.34. The molecule has 0 saturated carbocycles. The lowest BCUT2D eigenvalue weighted by atomic mass is 9.90. The average molecular weight is 405 g/mol. The van der Waals surface area contributed by atoms with Crippen LogP contribution in [0.3, 0.4) is 0 Å². The van der Waals surface area contributed by atoms with Gasteiger partial charge < -0.3 is 4.90 Å².